The summed E-state index contributed by atoms with van der Waals surface area (Å²) in [7, 11) is 1.48. The van der Waals surface area contributed by atoms with Gasteiger partial charge in [-0.15, -0.1) is 0 Å². The molecule has 0 amide bonds. The molecule has 0 aliphatic carbocycles. The molecule has 9 nitrogen and oxygen atoms in total. The Hall–Kier alpha value is -2.76. The van der Waals surface area contributed by atoms with E-state index in [1.165, 1.54) is 31.9 Å². The number of sulfonamides is 1. The minimum atomic E-state index is -3.65. The van der Waals surface area contributed by atoms with Gasteiger partial charge in [0.2, 0.25) is 16.0 Å². The van der Waals surface area contributed by atoms with Crippen molar-refractivity contribution in [2.75, 3.05) is 58.0 Å². The van der Waals surface area contributed by atoms with Gasteiger partial charge in [0.25, 0.3) is 0 Å². The van der Waals surface area contributed by atoms with Crippen LogP contribution in [-0.4, -0.2) is 79.8 Å². The molecular weight excluding hydrogens is 510 g/mol. The van der Waals surface area contributed by atoms with Crippen molar-refractivity contribution in [3.8, 4) is 0 Å². The summed E-state index contributed by atoms with van der Waals surface area (Å²) in [5.74, 6) is 0.647. The van der Waals surface area contributed by atoms with Crippen molar-refractivity contribution in [2.24, 2.45) is 0 Å². The molecule has 4 rings (SSSR count). The summed E-state index contributed by atoms with van der Waals surface area (Å²) in [5.41, 5.74) is 2.47. The largest absolute Gasteiger partial charge is 0.338 e. The Morgan fingerprint density at radius 1 is 0.973 bits per heavy atom. The van der Waals surface area contributed by atoms with Crippen molar-refractivity contribution in [1.29, 1.82) is 0 Å². The molecule has 2 heterocycles. The number of rotatable bonds is 8. The zero-order valence-corrected chi connectivity index (χ0v) is 23.6. The first-order valence-electron chi connectivity index (χ1n) is 12.3. The first-order valence-corrected chi connectivity index (χ1v) is 14.1. The zero-order chi connectivity index (χ0) is 27.0. The molecule has 0 radical (unpaired) electrons. The van der Waals surface area contributed by atoms with E-state index >= 15 is 0 Å². The fourth-order valence-corrected chi connectivity index (χ4v) is 4.90. The summed E-state index contributed by atoms with van der Waals surface area (Å²) in [6.45, 7) is 9.26. The quantitative estimate of drug-likeness (QED) is 0.423. The van der Waals surface area contributed by atoms with Crippen LogP contribution in [0.5, 0.6) is 0 Å². The average Bonchev–Trinajstić information content (AvgIpc) is 2.90. The maximum Gasteiger partial charge on any atom is 0.244 e. The molecule has 1 fully saturated rings. The molecule has 0 unspecified atom stereocenters. The molecule has 0 spiro atoms. The molecule has 2 N–H and O–H groups in total. The molecular formula is C26H36ClN7O2S. The lowest BCUT2D eigenvalue weighted by Crippen LogP contribution is -2.43. The second-order valence-electron chi connectivity index (χ2n) is 8.70. The van der Waals surface area contributed by atoms with E-state index in [0.29, 0.717) is 17.5 Å². The summed E-state index contributed by atoms with van der Waals surface area (Å²) in [5, 5.41) is 6.51. The van der Waals surface area contributed by atoms with Gasteiger partial charge in [0, 0.05) is 52.5 Å². The Morgan fingerprint density at radius 2 is 1.62 bits per heavy atom. The highest BCUT2D eigenvalue weighted by atomic mass is 35.5. The zero-order valence-electron chi connectivity index (χ0n) is 22.1. The Bertz CT molecular complexity index is 1260. The van der Waals surface area contributed by atoms with Crippen molar-refractivity contribution >= 4 is 44.8 Å². The van der Waals surface area contributed by atoms with Gasteiger partial charge in [0.15, 0.2) is 5.82 Å². The van der Waals surface area contributed by atoms with Gasteiger partial charge in [0.05, 0.1) is 11.9 Å². The summed E-state index contributed by atoms with van der Waals surface area (Å²) in [6.07, 6.45) is 1.48. The molecule has 37 heavy (non-hydrogen) atoms. The number of halogens is 1. The lowest BCUT2D eigenvalue weighted by atomic mass is 10.2. The third-order valence-electron chi connectivity index (χ3n) is 5.86. The first-order chi connectivity index (χ1) is 17.7. The van der Waals surface area contributed by atoms with Gasteiger partial charge in [0.1, 0.15) is 9.92 Å². The van der Waals surface area contributed by atoms with Crippen LogP contribution in [0, 0.1) is 0 Å². The van der Waals surface area contributed by atoms with Gasteiger partial charge in [-0.2, -0.15) is 4.98 Å². The molecule has 1 aliphatic rings. The number of nitrogens with zero attached hydrogens (tertiary/aromatic N) is 5. The highest BCUT2D eigenvalue weighted by molar-refractivity contribution is 7.89. The summed E-state index contributed by atoms with van der Waals surface area (Å²) in [4.78, 5) is 13.7. The molecule has 1 aliphatic heterocycles. The van der Waals surface area contributed by atoms with Crippen LogP contribution in [-0.2, 0) is 16.6 Å². The highest BCUT2D eigenvalue weighted by Crippen LogP contribution is 2.29. The number of nitrogens with one attached hydrogen (secondary N) is 2. The molecule has 0 bridgehead atoms. The van der Waals surface area contributed by atoms with Crippen LogP contribution in [0.4, 0.5) is 23.1 Å². The van der Waals surface area contributed by atoms with Gasteiger partial charge in [-0.05, 0) is 36.9 Å². The lowest BCUT2D eigenvalue weighted by molar-refractivity contribution is 0.148. The van der Waals surface area contributed by atoms with Gasteiger partial charge in [-0.1, -0.05) is 49.7 Å². The van der Waals surface area contributed by atoms with Crippen LogP contribution in [0.25, 0.3) is 0 Å². The third kappa shape index (κ3) is 7.62. The van der Waals surface area contributed by atoms with Crippen molar-refractivity contribution in [3.05, 3.63) is 65.3 Å². The van der Waals surface area contributed by atoms with Crippen molar-refractivity contribution < 1.29 is 8.42 Å². The number of aromatic nitrogens is 2. The number of para-hydroxylation sites is 1. The van der Waals surface area contributed by atoms with Gasteiger partial charge in [-0.25, -0.2) is 17.7 Å². The molecule has 1 aromatic heterocycles. The number of likely N-dealkylation sites (N-methyl/N-ethyl adjacent to an activating group) is 1. The summed E-state index contributed by atoms with van der Waals surface area (Å²) >= 11 is 6.32. The molecule has 0 atom stereocenters. The summed E-state index contributed by atoms with van der Waals surface area (Å²) < 4.78 is 26.6. The molecule has 11 heteroatoms. The third-order valence-corrected chi connectivity index (χ3v) is 8.00. The van der Waals surface area contributed by atoms with E-state index in [2.05, 4.69) is 49.6 Å². The Kier molecular flexibility index (Phi) is 10.2. The maximum atomic E-state index is 12.7. The van der Waals surface area contributed by atoms with Crippen LogP contribution in [0.2, 0.25) is 5.02 Å². The predicted octanol–water partition coefficient (Wildman–Crippen LogP) is 4.64. The fourth-order valence-electron chi connectivity index (χ4n) is 3.72. The minimum Gasteiger partial charge on any atom is -0.338 e. The number of anilines is 4. The smallest absolute Gasteiger partial charge is 0.244 e. The second kappa shape index (κ2) is 13.2. The first kappa shape index (κ1) is 28.8. The van der Waals surface area contributed by atoms with E-state index in [1.807, 2.05) is 26.0 Å². The standard InChI is InChI=1S/C24H30ClN7O2S.C2H6/c1-30(2)35(33,34)22-7-5-4-6-21(22)28-23-20(25)16-26-24(29-23)27-19-10-8-18(9-11-19)17-32-14-12-31(3)13-15-32;1-2/h4-11,16H,12-15,17H2,1-3H3,(H2,26,27,28,29);1-2H3. The topological polar surface area (TPSA) is 93.7 Å². The number of piperazine rings is 1. The maximum absolute atomic E-state index is 12.7. The van der Waals surface area contributed by atoms with Crippen LogP contribution < -0.4 is 10.6 Å². The van der Waals surface area contributed by atoms with Crippen LogP contribution in [0.3, 0.4) is 0 Å². The summed E-state index contributed by atoms with van der Waals surface area (Å²) in [6, 6.07) is 14.8. The van der Waals surface area contributed by atoms with E-state index in [9.17, 15) is 8.42 Å². The number of benzene rings is 2. The normalized spacial score (nSPS) is 14.7. The van der Waals surface area contributed by atoms with Gasteiger partial charge < -0.3 is 15.5 Å². The molecule has 0 saturated carbocycles. The minimum absolute atomic E-state index is 0.130. The number of hydrogen-bond donors (Lipinski definition) is 2. The molecule has 1 saturated heterocycles. The van der Waals surface area contributed by atoms with E-state index in [0.717, 1.165) is 42.7 Å². The average molecular weight is 546 g/mol. The van der Waals surface area contributed by atoms with Gasteiger partial charge >= 0.3 is 0 Å². The highest BCUT2D eigenvalue weighted by Gasteiger charge is 2.22. The molecule has 2 aromatic carbocycles. The van der Waals surface area contributed by atoms with E-state index in [-0.39, 0.29) is 9.92 Å². The second-order valence-corrected chi connectivity index (χ2v) is 11.2. The van der Waals surface area contributed by atoms with Gasteiger partial charge in [-0.3, -0.25) is 4.90 Å². The molecule has 3 aromatic rings. The SMILES string of the molecule is CC.CN1CCN(Cc2ccc(Nc3ncc(Cl)c(Nc4ccccc4S(=O)(=O)N(C)C)n3)cc2)CC1. The van der Waals surface area contributed by atoms with E-state index in [4.69, 9.17) is 11.6 Å². The Morgan fingerprint density at radius 3 is 2.27 bits per heavy atom. The van der Waals surface area contributed by atoms with Crippen molar-refractivity contribution in [2.45, 2.75) is 25.3 Å². The van der Waals surface area contributed by atoms with Crippen molar-refractivity contribution in [1.82, 2.24) is 24.1 Å². The Balaban J connectivity index is 0.00000186. The number of hydrogen-bond acceptors (Lipinski definition) is 8. The van der Waals surface area contributed by atoms with Crippen LogP contribution >= 0.6 is 11.6 Å². The van der Waals surface area contributed by atoms with Crippen LogP contribution in [0.15, 0.2) is 59.6 Å². The van der Waals surface area contributed by atoms with E-state index in [1.54, 1.807) is 18.2 Å². The predicted molar refractivity (Wildman–Crippen MR) is 151 cm³/mol. The van der Waals surface area contributed by atoms with Crippen LogP contribution in [0.1, 0.15) is 19.4 Å². The monoisotopic (exact) mass is 545 g/mol. The Labute approximate surface area is 225 Å². The molecule has 200 valence electrons. The lowest BCUT2D eigenvalue weighted by Gasteiger charge is -2.32. The van der Waals surface area contributed by atoms with E-state index < -0.39 is 10.0 Å². The van der Waals surface area contributed by atoms with Crippen molar-refractivity contribution in [3.63, 3.8) is 0 Å². The fraction of sp³-hybridized carbons (Fsp3) is 0.385.